The number of benzene rings is 2. The Morgan fingerprint density at radius 3 is 2.59 bits per heavy atom. The number of amides is 2. The van der Waals surface area contributed by atoms with Gasteiger partial charge < -0.3 is 19.5 Å². The second kappa shape index (κ2) is 14.5. The van der Waals surface area contributed by atoms with E-state index in [1.165, 1.54) is 17.6 Å². The van der Waals surface area contributed by atoms with Gasteiger partial charge in [-0.15, -0.1) is 11.3 Å². The lowest BCUT2D eigenvalue weighted by atomic mass is 9.95. The molecule has 0 saturated carbocycles. The first-order valence-corrected chi connectivity index (χ1v) is 14.7. The van der Waals surface area contributed by atoms with Gasteiger partial charge in [-0.05, 0) is 93.5 Å². The van der Waals surface area contributed by atoms with Crippen molar-refractivity contribution in [1.82, 2.24) is 5.43 Å². The van der Waals surface area contributed by atoms with Gasteiger partial charge in [0, 0.05) is 10.4 Å². The molecule has 2 aromatic carbocycles. The van der Waals surface area contributed by atoms with Gasteiger partial charge >= 0.3 is 5.97 Å². The minimum atomic E-state index is -0.823. The van der Waals surface area contributed by atoms with E-state index < -0.39 is 18.0 Å². The fourth-order valence-corrected chi connectivity index (χ4v) is 5.63. The van der Waals surface area contributed by atoms with Crippen molar-refractivity contribution < 1.29 is 28.6 Å². The molecule has 0 saturated heterocycles. The fraction of sp³-hybridized carbons (Fsp3) is 0.355. The molecular formula is C31H35N3O6S. The summed E-state index contributed by atoms with van der Waals surface area (Å²) in [5.74, 6) is -0.00526. The van der Waals surface area contributed by atoms with Gasteiger partial charge in [-0.25, -0.2) is 10.2 Å². The molecule has 1 aromatic heterocycles. The summed E-state index contributed by atoms with van der Waals surface area (Å²) in [5.41, 5.74) is 5.13. The summed E-state index contributed by atoms with van der Waals surface area (Å²) in [6.07, 6.45) is 5.40. The molecule has 0 bridgehead atoms. The molecule has 41 heavy (non-hydrogen) atoms. The van der Waals surface area contributed by atoms with Gasteiger partial charge in [0.15, 0.2) is 6.10 Å². The van der Waals surface area contributed by atoms with Gasteiger partial charge in [-0.2, -0.15) is 5.10 Å². The number of nitrogens with zero attached hydrogens (tertiary/aromatic N) is 1. The van der Waals surface area contributed by atoms with Crippen LogP contribution >= 0.6 is 11.3 Å². The maximum absolute atomic E-state index is 13.0. The molecule has 2 N–H and O–H groups in total. The largest absolute Gasteiger partial charge is 0.494 e. The van der Waals surface area contributed by atoms with E-state index >= 15 is 0 Å². The molecule has 3 aromatic rings. The molecule has 10 heteroatoms. The Morgan fingerprint density at radius 1 is 1.05 bits per heavy atom. The summed E-state index contributed by atoms with van der Waals surface area (Å²) >= 11 is 1.44. The van der Waals surface area contributed by atoms with Crippen LogP contribution in [0.25, 0.3) is 0 Å². The minimum absolute atomic E-state index is 0.267. The second-order valence-corrected chi connectivity index (χ2v) is 10.6. The van der Waals surface area contributed by atoms with Crippen LogP contribution < -0.4 is 20.2 Å². The molecule has 9 nitrogen and oxygen atoms in total. The van der Waals surface area contributed by atoms with Gasteiger partial charge in [0.2, 0.25) is 0 Å². The SMILES string of the molecule is CCCOc1cccc(C=NNC(=O)C(C)Oc2ccc(C(=O)Nc3sc4c(c3C(=O)OCC)CCCC4)cc2)c1. The van der Waals surface area contributed by atoms with Crippen molar-refractivity contribution in [1.29, 1.82) is 0 Å². The predicted octanol–water partition coefficient (Wildman–Crippen LogP) is 5.76. The molecule has 0 fully saturated rings. The number of esters is 1. The molecule has 1 heterocycles. The molecular weight excluding hydrogens is 542 g/mol. The molecule has 1 aliphatic rings. The lowest BCUT2D eigenvalue weighted by Crippen LogP contribution is -2.33. The van der Waals surface area contributed by atoms with Crippen LogP contribution in [0.5, 0.6) is 11.5 Å². The van der Waals surface area contributed by atoms with E-state index in [9.17, 15) is 14.4 Å². The molecule has 216 valence electrons. The number of carbonyl (C=O) groups is 3. The molecule has 4 rings (SSSR count). The number of thiophene rings is 1. The number of anilines is 1. The number of rotatable bonds is 12. The van der Waals surface area contributed by atoms with Gasteiger partial charge in [-0.1, -0.05) is 19.1 Å². The molecule has 1 aliphatic carbocycles. The highest BCUT2D eigenvalue weighted by Crippen LogP contribution is 2.38. The van der Waals surface area contributed by atoms with Crippen molar-refractivity contribution in [3.8, 4) is 11.5 Å². The van der Waals surface area contributed by atoms with E-state index in [1.807, 2.05) is 31.2 Å². The molecule has 0 aliphatic heterocycles. The van der Waals surface area contributed by atoms with Crippen LogP contribution in [-0.2, 0) is 22.4 Å². The Morgan fingerprint density at radius 2 is 1.83 bits per heavy atom. The highest BCUT2D eigenvalue weighted by Gasteiger charge is 2.27. The Bertz CT molecular complexity index is 1400. The minimum Gasteiger partial charge on any atom is -0.494 e. The molecule has 0 spiro atoms. The Kier molecular flexibility index (Phi) is 10.5. The van der Waals surface area contributed by atoms with Crippen LogP contribution in [0, 0.1) is 0 Å². The third-order valence-electron chi connectivity index (χ3n) is 6.40. The first-order valence-electron chi connectivity index (χ1n) is 13.8. The second-order valence-electron chi connectivity index (χ2n) is 9.53. The number of ether oxygens (including phenoxy) is 3. The number of hydrazone groups is 1. The quantitative estimate of drug-likeness (QED) is 0.161. The zero-order chi connectivity index (χ0) is 29.2. The Balaban J connectivity index is 1.33. The lowest BCUT2D eigenvalue weighted by Gasteiger charge is -2.13. The van der Waals surface area contributed by atoms with E-state index in [4.69, 9.17) is 14.2 Å². The molecule has 2 amide bonds. The highest BCUT2D eigenvalue weighted by atomic mass is 32.1. The van der Waals surface area contributed by atoms with Crippen LogP contribution in [-0.4, -0.2) is 43.3 Å². The summed E-state index contributed by atoms with van der Waals surface area (Å²) in [5, 5.41) is 7.43. The zero-order valence-corrected chi connectivity index (χ0v) is 24.3. The monoisotopic (exact) mass is 577 g/mol. The van der Waals surface area contributed by atoms with Gasteiger partial charge in [0.25, 0.3) is 11.8 Å². The van der Waals surface area contributed by atoms with Gasteiger partial charge in [-0.3, -0.25) is 9.59 Å². The summed E-state index contributed by atoms with van der Waals surface area (Å²) in [6, 6.07) is 13.9. The van der Waals surface area contributed by atoms with Crippen molar-refractivity contribution in [3.05, 3.63) is 75.7 Å². The molecule has 1 unspecified atom stereocenters. The molecule has 0 radical (unpaired) electrons. The van der Waals surface area contributed by atoms with Crippen LogP contribution in [0.2, 0.25) is 0 Å². The maximum Gasteiger partial charge on any atom is 0.341 e. The number of carbonyl (C=O) groups excluding carboxylic acids is 3. The standard InChI is InChI=1S/C31H35N3O6S/c1-4-17-39-24-10-8-9-21(18-24)19-32-34-28(35)20(3)40-23-15-13-22(14-16-23)29(36)33-30-27(31(37)38-5-2)25-11-6-7-12-26(25)41-30/h8-10,13-16,18-20H,4-7,11-12,17H2,1-3H3,(H,33,36)(H,34,35). The number of fused-ring (bicyclic) bond motifs is 1. The summed E-state index contributed by atoms with van der Waals surface area (Å²) in [6.45, 7) is 6.31. The van der Waals surface area contributed by atoms with E-state index in [0.717, 1.165) is 53.9 Å². The average molecular weight is 578 g/mol. The number of aryl methyl sites for hydroxylation is 1. The van der Waals surface area contributed by atoms with E-state index in [1.54, 1.807) is 38.1 Å². The maximum atomic E-state index is 13.0. The first-order chi connectivity index (χ1) is 19.9. The van der Waals surface area contributed by atoms with E-state index in [-0.39, 0.29) is 12.5 Å². The summed E-state index contributed by atoms with van der Waals surface area (Å²) in [7, 11) is 0. The highest BCUT2D eigenvalue weighted by molar-refractivity contribution is 7.17. The predicted molar refractivity (Wildman–Crippen MR) is 159 cm³/mol. The van der Waals surface area contributed by atoms with Gasteiger partial charge in [0.1, 0.15) is 16.5 Å². The summed E-state index contributed by atoms with van der Waals surface area (Å²) < 4.78 is 16.6. The van der Waals surface area contributed by atoms with E-state index in [2.05, 4.69) is 15.8 Å². The normalized spacial score (nSPS) is 13.2. The first kappa shape index (κ1) is 29.8. The van der Waals surface area contributed by atoms with Crippen molar-refractivity contribution in [2.24, 2.45) is 5.10 Å². The lowest BCUT2D eigenvalue weighted by molar-refractivity contribution is -0.127. The topological polar surface area (TPSA) is 115 Å². The number of nitrogens with one attached hydrogen (secondary N) is 2. The van der Waals surface area contributed by atoms with Crippen molar-refractivity contribution in [2.75, 3.05) is 18.5 Å². The Labute approximate surface area is 243 Å². The Hall–Kier alpha value is -4.18. The fourth-order valence-electron chi connectivity index (χ4n) is 4.36. The number of hydrogen-bond acceptors (Lipinski definition) is 8. The van der Waals surface area contributed by atoms with Gasteiger partial charge in [0.05, 0.1) is 25.0 Å². The van der Waals surface area contributed by atoms with Crippen molar-refractivity contribution >= 4 is 40.3 Å². The average Bonchev–Trinajstić information content (AvgIpc) is 3.34. The van der Waals surface area contributed by atoms with Crippen molar-refractivity contribution in [2.45, 2.75) is 59.0 Å². The summed E-state index contributed by atoms with van der Waals surface area (Å²) in [4.78, 5) is 39.3. The van der Waals surface area contributed by atoms with Crippen LogP contribution in [0.4, 0.5) is 5.00 Å². The van der Waals surface area contributed by atoms with Crippen molar-refractivity contribution in [3.63, 3.8) is 0 Å². The van der Waals surface area contributed by atoms with E-state index in [0.29, 0.717) is 28.5 Å². The number of hydrogen-bond donors (Lipinski definition) is 2. The van der Waals surface area contributed by atoms with Crippen LogP contribution in [0.15, 0.2) is 53.6 Å². The smallest absolute Gasteiger partial charge is 0.341 e. The third kappa shape index (κ3) is 7.94. The van der Waals surface area contributed by atoms with Crippen LogP contribution in [0.1, 0.15) is 76.8 Å². The zero-order valence-electron chi connectivity index (χ0n) is 23.5. The molecule has 1 atom stereocenters. The third-order valence-corrected chi connectivity index (χ3v) is 7.60. The van der Waals surface area contributed by atoms with Crippen LogP contribution in [0.3, 0.4) is 0 Å².